The largest absolute Gasteiger partial charge is 0.355 e. The molecule has 1 heterocycles. The number of nitrogens with one attached hydrogen (secondary N) is 1. The molecule has 2 fully saturated rings. The summed E-state index contributed by atoms with van der Waals surface area (Å²) < 4.78 is 0. The van der Waals surface area contributed by atoms with Crippen molar-refractivity contribution >= 4 is 11.8 Å². The van der Waals surface area contributed by atoms with Crippen molar-refractivity contribution in [3.63, 3.8) is 0 Å². The molecule has 136 valence electrons. The van der Waals surface area contributed by atoms with E-state index in [-0.39, 0.29) is 11.8 Å². The SMILES string of the molecule is CCCCNC(=O)C1(C(=O)N2CCN(Cc3ccccc3)CC2)CC1. The molecular formula is C20H29N3O2. The zero-order valence-corrected chi connectivity index (χ0v) is 15.2. The van der Waals surface area contributed by atoms with Gasteiger partial charge >= 0.3 is 0 Å². The maximum absolute atomic E-state index is 12.9. The van der Waals surface area contributed by atoms with E-state index in [2.05, 4.69) is 41.4 Å². The molecule has 1 aliphatic carbocycles. The van der Waals surface area contributed by atoms with Gasteiger partial charge in [0.25, 0.3) is 0 Å². The summed E-state index contributed by atoms with van der Waals surface area (Å²) in [6.07, 6.45) is 3.42. The lowest BCUT2D eigenvalue weighted by atomic mass is 10.0. The number of carbonyl (C=O) groups is 2. The Balaban J connectivity index is 1.49. The summed E-state index contributed by atoms with van der Waals surface area (Å²) >= 11 is 0. The summed E-state index contributed by atoms with van der Waals surface area (Å²) in [5, 5.41) is 2.95. The van der Waals surface area contributed by atoms with E-state index in [1.807, 2.05) is 11.0 Å². The van der Waals surface area contributed by atoms with Crippen LogP contribution in [0.25, 0.3) is 0 Å². The Morgan fingerprint density at radius 2 is 1.76 bits per heavy atom. The van der Waals surface area contributed by atoms with Crippen molar-refractivity contribution in [2.45, 2.75) is 39.2 Å². The average molecular weight is 343 g/mol. The quantitative estimate of drug-likeness (QED) is 0.609. The van der Waals surface area contributed by atoms with Crippen LogP contribution in [0.15, 0.2) is 30.3 Å². The van der Waals surface area contributed by atoms with E-state index in [0.29, 0.717) is 19.4 Å². The van der Waals surface area contributed by atoms with Gasteiger partial charge in [0.2, 0.25) is 11.8 Å². The van der Waals surface area contributed by atoms with Crippen LogP contribution in [0.1, 0.15) is 38.2 Å². The summed E-state index contributed by atoms with van der Waals surface area (Å²) in [6.45, 7) is 6.87. The first-order valence-corrected chi connectivity index (χ1v) is 9.49. The van der Waals surface area contributed by atoms with E-state index < -0.39 is 5.41 Å². The highest BCUT2D eigenvalue weighted by Crippen LogP contribution is 2.47. The van der Waals surface area contributed by atoms with Crippen molar-refractivity contribution < 1.29 is 9.59 Å². The third-order valence-corrected chi connectivity index (χ3v) is 5.32. The molecule has 1 aromatic carbocycles. The summed E-state index contributed by atoms with van der Waals surface area (Å²) in [4.78, 5) is 29.6. The van der Waals surface area contributed by atoms with Gasteiger partial charge in [0.1, 0.15) is 5.41 Å². The molecule has 0 unspecified atom stereocenters. The van der Waals surface area contributed by atoms with Crippen molar-refractivity contribution in [3.05, 3.63) is 35.9 Å². The standard InChI is InChI=1S/C20H29N3O2/c1-2-3-11-21-18(24)20(9-10-20)19(25)23-14-12-22(13-15-23)16-17-7-5-4-6-8-17/h4-8H,2-3,9-16H2,1H3,(H,21,24). The maximum Gasteiger partial charge on any atom is 0.238 e. The van der Waals surface area contributed by atoms with Crippen molar-refractivity contribution in [1.29, 1.82) is 0 Å². The summed E-state index contributed by atoms with van der Waals surface area (Å²) in [7, 11) is 0. The molecule has 2 amide bonds. The molecule has 0 aromatic heterocycles. The van der Waals surface area contributed by atoms with Crippen LogP contribution in [-0.2, 0) is 16.1 Å². The summed E-state index contributed by atoms with van der Waals surface area (Å²) in [6, 6.07) is 10.4. The molecule has 5 heteroatoms. The van der Waals surface area contributed by atoms with Gasteiger partial charge in [0, 0.05) is 39.3 Å². The average Bonchev–Trinajstić information content (AvgIpc) is 3.45. The van der Waals surface area contributed by atoms with E-state index in [1.165, 1.54) is 5.56 Å². The molecule has 0 bridgehead atoms. The Bertz CT molecular complexity index is 590. The fourth-order valence-electron chi connectivity index (χ4n) is 3.46. The Labute approximate surface area is 150 Å². The number of amides is 2. The second-order valence-corrected chi connectivity index (χ2v) is 7.25. The third kappa shape index (κ3) is 4.21. The summed E-state index contributed by atoms with van der Waals surface area (Å²) in [5.41, 5.74) is 0.547. The highest BCUT2D eigenvalue weighted by atomic mass is 16.2. The van der Waals surface area contributed by atoms with Gasteiger partial charge in [-0.1, -0.05) is 43.7 Å². The minimum atomic E-state index is -0.755. The maximum atomic E-state index is 12.9. The number of hydrogen-bond acceptors (Lipinski definition) is 3. The number of rotatable bonds is 7. The second kappa shape index (κ2) is 8.00. The Morgan fingerprint density at radius 1 is 1.08 bits per heavy atom. The van der Waals surface area contributed by atoms with Crippen molar-refractivity contribution in [2.75, 3.05) is 32.7 Å². The molecule has 1 aliphatic heterocycles. The van der Waals surface area contributed by atoms with Gasteiger partial charge in [-0.2, -0.15) is 0 Å². The van der Waals surface area contributed by atoms with Crippen molar-refractivity contribution in [3.8, 4) is 0 Å². The molecule has 2 aliphatic rings. The van der Waals surface area contributed by atoms with Crippen molar-refractivity contribution in [1.82, 2.24) is 15.1 Å². The topological polar surface area (TPSA) is 52.7 Å². The molecule has 1 saturated heterocycles. The molecule has 1 saturated carbocycles. The third-order valence-electron chi connectivity index (χ3n) is 5.32. The number of carbonyl (C=O) groups excluding carboxylic acids is 2. The smallest absolute Gasteiger partial charge is 0.238 e. The van der Waals surface area contributed by atoms with Gasteiger partial charge in [-0.3, -0.25) is 14.5 Å². The fourth-order valence-corrected chi connectivity index (χ4v) is 3.46. The second-order valence-electron chi connectivity index (χ2n) is 7.25. The number of unbranched alkanes of at least 4 members (excludes halogenated alkanes) is 1. The van der Waals surface area contributed by atoms with E-state index in [0.717, 1.165) is 45.6 Å². The number of piperazine rings is 1. The Hall–Kier alpha value is -1.88. The van der Waals surface area contributed by atoms with Gasteiger partial charge < -0.3 is 10.2 Å². The van der Waals surface area contributed by atoms with Gasteiger partial charge in [-0.25, -0.2) is 0 Å². The summed E-state index contributed by atoms with van der Waals surface area (Å²) in [5.74, 6) is -0.0153. The zero-order valence-electron chi connectivity index (χ0n) is 15.2. The molecule has 5 nitrogen and oxygen atoms in total. The Kier molecular flexibility index (Phi) is 5.74. The molecule has 1 N–H and O–H groups in total. The minimum Gasteiger partial charge on any atom is -0.355 e. The van der Waals surface area contributed by atoms with Crippen LogP contribution in [0.2, 0.25) is 0 Å². The highest BCUT2D eigenvalue weighted by Gasteiger charge is 2.57. The molecule has 25 heavy (non-hydrogen) atoms. The first-order chi connectivity index (χ1) is 12.2. The number of benzene rings is 1. The normalized spacial score (nSPS) is 19.5. The van der Waals surface area contributed by atoms with Gasteiger partial charge in [0.05, 0.1) is 0 Å². The van der Waals surface area contributed by atoms with Crippen LogP contribution in [-0.4, -0.2) is 54.3 Å². The fraction of sp³-hybridized carbons (Fsp3) is 0.600. The van der Waals surface area contributed by atoms with Gasteiger partial charge in [-0.15, -0.1) is 0 Å². The Morgan fingerprint density at radius 3 is 2.36 bits per heavy atom. The number of nitrogens with zero attached hydrogens (tertiary/aromatic N) is 2. The van der Waals surface area contributed by atoms with Crippen LogP contribution in [0, 0.1) is 5.41 Å². The predicted octanol–water partition coefficient (Wildman–Crippen LogP) is 2.03. The first kappa shape index (κ1) is 17.9. The van der Waals surface area contributed by atoms with Crippen LogP contribution in [0.5, 0.6) is 0 Å². The molecule has 0 spiro atoms. The van der Waals surface area contributed by atoms with E-state index in [1.54, 1.807) is 0 Å². The molecule has 0 atom stereocenters. The van der Waals surface area contributed by atoms with E-state index in [9.17, 15) is 9.59 Å². The van der Waals surface area contributed by atoms with Crippen LogP contribution >= 0.6 is 0 Å². The molecule has 3 rings (SSSR count). The van der Waals surface area contributed by atoms with Gasteiger partial charge in [0.15, 0.2) is 0 Å². The van der Waals surface area contributed by atoms with Crippen LogP contribution in [0.3, 0.4) is 0 Å². The first-order valence-electron chi connectivity index (χ1n) is 9.49. The van der Waals surface area contributed by atoms with E-state index in [4.69, 9.17) is 0 Å². The molecule has 0 radical (unpaired) electrons. The zero-order chi connectivity index (χ0) is 17.7. The molecular weight excluding hydrogens is 314 g/mol. The minimum absolute atomic E-state index is 0.0425. The van der Waals surface area contributed by atoms with Gasteiger partial charge in [-0.05, 0) is 24.8 Å². The monoisotopic (exact) mass is 343 g/mol. The lowest BCUT2D eigenvalue weighted by Crippen LogP contribution is -2.53. The van der Waals surface area contributed by atoms with Crippen LogP contribution in [0.4, 0.5) is 0 Å². The van der Waals surface area contributed by atoms with E-state index >= 15 is 0 Å². The predicted molar refractivity (Wildman–Crippen MR) is 97.9 cm³/mol. The van der Waals surface area contributed by atoms with Crippen molar-refractivity contribution in [2.24, 2.45) is 5.41 Å². The molecule has 1 aromatic rings. The lowest BCUT2D eigenvalue weighted by Gasteiger charge is -2.36. The lowest BCUT2D eigenvalue weighted by molar-refractivity contribution is -0.145. The highest BCUT2D eigenvalue weighted by molar-refractivity contribution is 6.07. The van der Waals surface area contributed by atoms with Crippen LogP contribution < -0.4 is 5.32 Å². The number of hydrogen-bond donors (Lipinski definition) is 1.